The van der Waals surface area contributed by atoms with Crippen molar-refractivity contribution in [1.29, 1.82) is 0 Å². The molecule has 0 aliphatic carbocycles. The van der Waals surface area contributed by atoms with Gasteiger partial charge < -0.3 is 9.64 Å². The lowest BCUT2D eigenvalue weighted by molar-refractivity contribution is -0.124. The zero-order valence-electron chi connectivity index (χ0n) is 11.4. The number of likely N-dealkylation sites (N-methyl/N-ethyl adjacent to an activating group) is 1. The molecule has 0 aromatic heterocycles. The number of fused-ring (bicyclic) bond motifs is 1. The SMILES string of the molecule is CCN1C(=O)N(c2ccc(F)cc2F)C(=O)C2COCC21. The number of halogens is 2. The van der Waals surface area contributed by atoms with Gasteiger partial charge in [0.1, 0.15) is 11.6 Å². The quantitative estimate of drug-likeness (QED) is 0.835. The molecule has 2 fully saturated rings. The Labute approximate surface area is 120 Å². The average Bonchev–Trinajstić information content (AvgIpc) is 2.91. The van der Waals surface area contributed by atoms with Crippen molar-refractivity contribution in [1.82, 2.24) is 4.90 Å². The van der Waals surface area contributed by atoms with Crippen LogP contribution in [0, 0.1) is 17.6 Å². The van der Waals surface area contributed by atoms with Crippen molar-refractivity contribution in [3.63, 3.8) is 0 Å². The van der Waals surface area contributed by atoms with E-state index in [0.717, 1.165) is 17.0 Å². The minimum atomic E-state index is -0.940. The summed E-state index contributed by atoms with van der Waals surface area (Å²) in [7, 11) is 0. The van der Waals surface area contributed by atoms with Crippen molar-refractivity contribution in [2.75, 3.05) is 24.7 Å². The van der Waals surface area contributed by atoms with Gasteiger partial charge in [0.15, 0.2) is 0 Å². The maximum Gasteiger partial charge on any atom is 0.331 e. The molecule has 2 unspecified atom stereocenters. The normalized spacial score (nSPS) is 25.5. The third-order valence-electron chi connectivity index (χ3n) is 3.92. The van der Waals surface area contributed by atoms with Crippen LogP contribution < -0.4 is 4.90 Å². The highest BCUT2D eigenvalue weighted by atomic mass is 19.1. The van der Waals surface area contributed by atoms with Crippen LogP contribution in [-0.4, -0.2) is 42.6 Å². The topological polar surface area (TPSA) is 49.9 Å². The fourth-order valence-electron chi connectivity index (χ4n) is 2.87. The number of ether oxygens (including phenoxy) is 1. The third kappa shape index (κ3) is 2.08. The predicted octanol–water partition coefficient (Wildman–Crippen LogP) is 1.77. The second-order valence-electron chi connectivity index (χ2n) is 5.05. The van der Waals surface area contributed by atoms with Crippen LogP contribution in [0.1, 0.15) is 6.92 Å². The molecule has 2 atom stereocenters. The van der Waals surface area contributed by atoms with Crippen molar-refractivity contribution < 1.29 is 23.1 Å². The Kier molecular flexibility index (Phi) is 3.36. The summed E-state index contributed by atoms with van der Waals surface area (Å²) in [6.07, 6.45) is 0. The Morgan fingerprint density at radius 2 is 2.05 bits per heavy atom. The van der Waals surface area contributed by atoms with Gasteiger partial charge in [-0.2, -0.15) is 0 Å². The molecule has 5 nitrogen and oxygen atoms in total. The van der Waals surface area contributed by atoms with E-state index in [4.69, 9.17) is 4.74 Å². The largest absolute Gasteiger partial charge is 0.378 e. The molecule has 2 aliphatic heterocycles. The number of carbonyl (C=O) groups excluding carboxylic acids is 2. The van der Waals surface area contributed by atoms with Crippen LogP contribution in [-0.2, 0) is 9.53 Å². The summed E-state index contributed by atoms with van der Waals surface area (Å²) in [6, 6.07) is 1.87. The molecule has 1 aromatic carbocycles. The van der Waals surface area contributed by atoms with E-state index in [0.29, 0.717) is 19.2 Å². The number of hydrogen-bond donors (Lipinski definition) is 0. The van der Waals surface area contributed by atoms with Gasteiger partial charge in [0.05, 0.1) is 30.9 Å². The average molecular weight is 296 g/mol. The number of hydrogen-bond acceptors (Lipinski definition) is 3. The van der Waals surface area contributed by atoms with E-state index >= 15 is 0 Å². The first-order valence-corrected chi connectivity index (χ1v) is 6.72. The van der Waals surface area contributed by atoms with Gasteiger partial charge in [-0.15, -0.1) is 0 Å². The Hall–Kier alpha value is -2.02. The molecular formula is C14H14F2N2O3. The molecule has 2 aliphatic rings. The molecule has 3 rings (SSSR count). The molecule has 2 saturated heterocycles. The van der Waals surface area contributed by atoms with Crippen LogP contribution in [0.3, 0.4) is 0 Å². The first-order chi connectivity index (χ1) is 10.0. The zero-order valence-corrected chi connectivity index (χ0v) is 11.4. The highest BCUT2D eigenvalue weighted by molar-refractivity contribution is 6.17. The Balaban J connectivity index is 2.04. The molecule has 1 aromatic rings. The number of benzene rings is 1. The summed E-state index contributed by atoms with van der Waals surface area (Å²) in [5.41, 5.74) is -0.227. The van der Waals surface area contributed by atoms with Gasteiger partial charge in [-0.3, -0.25) is 4.79 Å². The van der Waals surface area contributed by atoms with E-state index in [-0.39, 0.29) is 18.3 Å². The maximum absolute atomic E-state index is 13.9. The summed E-state index contributed by atoms with van der Waals surface area (Å²) in [5.74, 6) is -2.71. The van der Waals surface area contributed by atoms with E-state index in [1.807, 2.05) is 0 Å². The molecule has 21 heavy (non-hydrogen) atoms. The van der Waals surface area contributed by atoms with Crippen LogP contribution in [0.25, 0.3) is 0 Å². The van der Waals surface area contributed by atoms with Gasteiger partial charge in [-0.05, 0) is 19.1 Å². The van der Waals surface area contributed by atoms with E-state index < -0.39 is 29.5 Å². The fraction of sp³-hybridized carbons (Fsp3) is 0.429. The molecule has 0 saturated carbocycles. The molecule has 0 bridgehead atoms. The summed E-state index contributed by atoms with van der Waals surface area (Å²) >= 11 is 0. The lowest BCUT2D eigenvalue weighted by Crippen LogP contribution is -2.61. The number of carbonyl (C=O) groups is 2. The summed E-state index contributed by atoms with van der Waals surface area (Å²) in [6.45, 7) is 2.67. The first kappa shape index (κ1) is 13.9. The predicted molar refractivity (Wildman–Crippen MR) is 69.7 cm³/mol. The molecule has 7 heteroatoms. The highest BCUT2D eigenvalue weighted by Crippen LogP contribution is 2.32. The van der Waals surface area contributed by atoms with Gasteiger partial charge in [0, 0.05) is 12.6 Å². The van der Waals surface area contributed by atoms with Crippen LogP contribution in [0.4, 0.5) is 19.3 Å². The monoisotopic (exact) mass is 296 g/mol. The zero-order chi connectivity index (χ0) is 15.1. The molecule has 0 N–H and O–H groups in total. The van der Waals surface area contributed by atoms with Crippen LogP contribution >= 0.6 is 0 Å². The summed E-state index contributed by atoms with van der Waals surface area (Å²) < 4.78 is 32.2. The van der Waals surface area contributed by atoms with E-state index in [1.165, 1.54) is 4.90 Å². The standard InChI is InChI=1S/C14H14F2N2O3/c1-2-17-12-7-21-6-9(12)13(19)18(14(17)20)11-4-3-8(15)5-10(11)16/h3-5,9,12H,2,6-7H2,1H3. The molecule has 2 heterocycles. The number of rotatable bonds is 2. The highest BCUT2D eigenvalue weighted by Gasteiger charge is 2.49. The van der Waals surface area contributed by atoms with Gasteiger partial charge >= 0.3 is 6.03 Å². The third-order valence-corrected chi connectivity index (χ3v) is 3.92. The van der Waals surface area contributed by atoms with Crippen molar-refractivity contribution in [3.05, 3.63) is 29.8 Å². The van der Waals surface area contributed by atoms with Crippen LogP contribution in [0.5, 0.6) is 0 Å². The second kappa shape index (κ2) is 5.07. The van der Waals surface area contributed by atoms with Crippen LogP contribution in [0.2, 0.25) is 0 Å². The van der Waals surface area contributed by atoms with Gasteiger partial charge in [-0.25, -0.2) is 18.5 Å². The van der Waals surface area contributed by atoms with Crippen molar-refractivity contribution in [2.24, 2.45) is 5.92 Å². The first-order valence-electron chi connectivity index (χ1n) is 6.72. The number of anilines is 1. The molecule has 0 radical (unpaired) electrons. The van der Waals surface area contributed by atoms with Crippen molar-refractivity contribution in [2.45, 2.75) is 13.0 Å². The summed E-state index contributed by atoms with van der Waals surface area (Å²) in [5, 5.41) is 0. The lowest BCUT2D eigenvalue weighted by atomic mass is 9.97. The summed E-state index contributed by atoms with van der Waals surface area (Å²) in [4.78, 5) is 27.2. The lowest BCUT2D eigenvalue weighted by Gasteiger charge is -2.40. The minimum absolute atomic E-state index is 0.201. The van der Waals surface area contributed by atoms with Crippen molar-refractivity contribution >= 4 is 17.6 Å². The van der Waals surface area contributed by atoms with Gasteiger partial charge in [-0.1, -0.05) is 0 Å². The number of urea groups is 1. The van der Waals surface area contributed by atoms with Gasteiger partial charge in [0.2, 0.25) is 5.91 Å². The molecule has 112 valence electrons. The van der Waals surface area contributed by atoms with E-state index in [2.05, 4.69) is 0 Å². The Morgan fingerprint density at radius 3 is 2.71 bits per heavy atom. The van der Waals surface area contributed by atoms with E-state index in [9.17, 15) is 18.4 Å². The molecule has 3 amide bonds. The Morgan fingerprint density at radius 1 is 1.29 bits per heavy atom. The van der Waals surface area contributed by atoms with Crippen LogP contribution in [0.15, 0.2) is 18.2 Å². The van der Waals surface area contributed by atoms with Gasteiger partial charge in [0.25, 0.3) is 0 Å². The number of amides is 3. The van der Waals surface area contributed by atoms with E-state index in [1.54, 1.807) is 6.92 Å². The van der Waals surface area contributed by atoms with Crippen molar-refractivity contribution in [3.8, 4) is 0 Å². The number of imide groups is 1. The number of nitrogens with zero attached hydrogens (tertiary/aromatic N) is 2. The minimum Gasteiger partial charge on any atom is -0.378 e. The fourth-order valence-corrected chi connectivity index (χ4v) is 2.87. The second-order valence-corrected chi connectivity index (χ2v) is 5.05. The molecule has 0 spiro atoms. The molecular weight excluding hydrogens is 282 g/mol. The Bertz CT molecular complexity index is 608. The smallest absolute Gasteiger partial charge is 0.331 e. The maximum atomic E-state index is 13.9.